The fraction of sp³-hybridized carbons (Fsp3) is 0.208. The van der Waals surface area contributed by atoms with Crippen molar-refractivity contribution in [1.29, 1.82) is 0 Å². The molecule has 1 aromatic heterocycles. The lowest BCUT2D eigenvalue weighted by Crippen LogP contribution is -2.33. The summed E-state index contributed by atoms with van der Waals surface area (Å²) < 4.78 is 19.4. The molecular weight excluding hydrogens is 540 g/mol. The summed E-state index contributed by atoms with van der Waals surface area (Å²) in [6, 6.07) is 14.9. The molecule has 1 heterocycles. The fourth-order valence-corrected chi connectivity index (χ4v) is 3.88. The molecule has 33 heavy (non-hydrogen) atoms. The Bertz CT molecular complexity index is 1110. The highest BCUT2D eigenvalue weighted by atomic mass is 127. The van der Waals surface area contributed by atoms with Crippen molar-refractivity contribution in [3.63, 3.8) is 0 Å². The number of rotatable bonds is 10. The van der Waals surface area contributed by atoms with Crippen molar-refractivity contribution < 1.29 is 23.8 Å². The zero-order valence-corrected chi connectivity index (χ0v) is 20.0. The Morgan fingerprint density at radius 2 is 1.85 bits per heavy atom. The first-order chi connectivity index (χ1) is 15.9. The Labute approximate surface area is 204 Å². The summed E-state index contributed by atoms with van der Waals surface area (Å²) in [6.45, 7) is 0.408. The van der Waals surface area contributed by atoms with E-state index in [4.69, 9.17) is 4.74 Å². The van der Waals surface area contributed by atoms with E-state index in [1.54, 1.807) is 13.2 Å². The van der Waals surface area contributed by atoms with Gasteiger partial charge in [0, 0.05) is 29.8 Å². The molecule has 0 bridgehead atoms. The van der Waals surface area contributed by atoms with Crippen LogP contribution in [0.5, 0.6) is 5.75 Å². The topological polar surface area (TPSA) is 101 Å². The van der Waals surface area contributed by atoms with Gasteiger partial charge in [0.1, 0.15) is 17.4 Å². The standard InChI is InChI=1S/C24H23FIN3O4/c1-27-22-21(23(30)28-12-11-15-5-3-2-4-6-15)18(19(26)14-29-22)13-20(24(31)32)33-17-9-7-16(25)8-10-17/h2-10,14,20H,11-13H2,1H3,(H,27,29)(H,28,30)(H,31,32). The smallest absolute Gasteiger partial charge is 0.345 e. The predicted octanol–water partition coefficient (Wildman–Crippen LogP) is 3.91. The summed E-state index contributed by atoms with van der Waals surface area (Å²) in [5, 5.41) is 15.5. The Hall–Kier alpha value is -3.21. The van der Waals surface area contributed by atoms with Crippen molar-refractivity contribution in [3.05, 3.63) is 86.9 Å². The van der Waals surface area contributed by atoms with E-state index < -0.39 is 17.9 Å². The van der Waals surface area contributed by atoms with Crippen LogP contribution in [-0.4, -0.2) is 41.7 Å². The molecule has 0 aliphatic heterocycles. The van der Waals surface area contributed by atoms with Gasteiger partial charge < -0.3 is 20.5 Å². The highest BCUT2D eigenvalue weighted by molar-refractivity contribution is 14.1. The Balaban J connectivity index is 1.83. The summed E-state index contributed by atoms with van der Waals surface area (Å²) in [6.07, 6.45) is 0.856. The van der Waals surface area contributed by atoms with Gasteiger partial charge >= 0.3 is 5.97 Å². The third-order valence-electron chi connectivity index (χ3n) is 4.90. The zero-order chi connectivity index (χ0) is 23.8. The van der Waals surface area contributed by atoms with Crippen LogP contribution in [0.3, 0.4) is 0 Å². The van der Waals surface area contributed by atoms with E-state index in [1.165, 1.54) is 24.3 Å². The molecule has 0 fully saturated rings. The van der Waals surface area contributed by atoms with Crippen molar-refractivity contribution in [2.24, 2.45) is 0 Å². The molecule has 1 unspecified atom stereocenters. The molecular formula is C24H23FIN3O4. The number of aromatic nitrogens is 1. The number of carbonyl (C=O) groups excluding carboxylic acids is 1. The van der Waals surface area contributed by atoms with Gasteiger partial charge in [-0.1, -0.05) is 30.3 Å². The monoisotopic (exact) mass is 563 g/mol. The number of nitrogens with one attached hydrogen (secondary N) is 2. The molecule has 0 aliphatic rings. The van der Waals surface area contributed by atoms with Gasteiger partial charge in [-0.05, 0) is 64.4 Å². The normalized spacial score (nSPS) is 11.5. The second kappa shape index (κ2) is 11.6. The van der Waals surface area contributed by atoms with Gasteiger partial charge in [0.15, 0.2) is 6.10 Å². The number of ether oxygens (including phenoxy) is 1. The van der Waals surface area contributed by atoms with Crippen molar-refractivity contribution >= 4 is 40.3 Å². The van der Waals surface area contributed by atoms with Crippen LogP contribution < -0.4 is 15.4 Å². The molecule has 1 amide bonds. The number of anilines is 1. The highest BCUT2D eigenvalue weighted by Crippen LogP contribution is 2.26. The number of nitrogens with zero attached hydrogens (tertiary/aromatic N) is 1. The maximum atomic E-state index is 13.2. The molecule has 3 rings (SSSR count). The second-order valence-electron chi connectivity index (χ2n) is 7.15. The maximum Gasteiger partial charge on any atom is 0.345 e. The van der Waals surface area contributed by atoms with Crippen molar-refractivity contribution in [3.8, 4) is 5.75 Å². The Morgan fingerprint density at radius 1 is 1.15 bits per heavy atom. The van der Waals surface area contributed by atoms with Crippen molar-refractivity contribution in [2.45, 2.75) is 18.9 Å². The van der Waals surface area contributed by atoms with Crippen LogP contribution >= 0.6 is 22.6 Å². The fourth-order valence-electron chi connectivity index (χ4n) is 3.26. The predicted molar refractivity (Wildman–Crippen MR) is 131 cm³/mol. The molecule has 0 spiro atoms. The van der Waals surface area contributed by atoms with Crippen molar-refractivity contribution in [2.75, 3.05) is 18.9 Å². The van der Waals surface area contributed by atoms with E-state index in [0.29, 0.717) is 27.9 Å². The number of halogens is 2. The minimum absolute atomic E-state index is 0.0797. The average molecular weight is 563 g/mol. The van der Waals surface area contributed by atoms with Gasteiger partial charge in [0.05, 0.1) is 5.56 Å². The largest absolute Gasteiger partial charge is 0.478 e. The number of carboxylic acid groups (broad SMARTS) is 1. The molecule has 9 heteroatoms. The van der Waals surface area contributed by atoms with Crippen LogP contribution in [0.2, 0.25) is 0 Å². The maximum absolute atomic E-state index is 13.2. The van der Waals surface area contributed by atoms with E-state index in [9.17, 15) is 19.1 Å². The lowest BCUT2D eigenvalue weighted by Gasteiger charge is -2.20. The van der Waals surface area contributed by atoms with Gasteiger partial charge in [0.25, 0.3) is 5.91 Å². The minimum Gasteiger partial charge on any atom is -0.478 e. The SMILES string of the molecule is CNc1ncc(I)c(CC(Oc2ccc(F)cc2)C(=O)O)c1C(=O)NCCc1ccccc1. The van der Waals surface area contributed by atoms with Crippen LogP contribution in [0.1, 0.15) is 21.5 Å². The summed E-state index contributed by atoms with van der Waals surface area (Å²) in [5.74, 6) is -1.45. The molecule has 3 aromatic rings. The van der Waals surface area contributed by atoms with Crippen LogP contribution in [0.25, 0.3) is 0 Å². The minimum atomic E-state index is -1.29. The number of pyridine rings is 1. The van der Waals surface area contributed by atoms with E-state index in [-0.39, 0.29) is 23.6 Å². The van der Waals surface area contributed by atoms with Gasteiger partial charge in [-0.3, -0.25) is 4.79 Å². The molecule has 2 aromatic carbocycles. The summed E-state index contributed by atoms with van der Waals surface area (Å²) in [4.78, 5) is 29.3. The number of amides is 1. The van der Waals surface area contributed by atoms with E-state index in [1.807, 2.05) is 52.9 Å². The molecule has 1 atom stereocenters. The molecule has 0 aliphatic carbocycles. The lowest BCUT2D eigenvalue weighted by molar-refractivity contribution is -0.145. The Kier molecular flexibility index (Phi) is 8.58. The number of hydrogen-bond acceptors (Lipinski definition) is 5. The van der Waals surface area contributed by atoms with E-state index >= 15 is 0 Å². The summed E-state index contributed by atoms with van der Waals surface area (Å²) >= 11 is 2.02. The van der Waals surface area contributed by atoms with Crippen LogP contribution in [0.4, 0.5) is 10.2 Å². The van der Waals surface area contributed by atoms with Gasteiger partial charge in [-0.2, -0.15) is 0 Å². The first kappa shape index (κ1) is 24.4. The molecule has 172 valence electrons. The third kappa shape index (κ3) is 6.64. The number of carbonyl (C=O) groups is 2. The van der Waals surface area contributed by atoms with Gasteiger partial charge in [0.2, 0.25) is 0 Å². The highest BCUT2D eigenvalue weighted by Gasteiger charge is 2.27. The molecule has 0 radical (unpaired) electrons. The molecule has 7 nitrogen and oxygen atoms in total. The Morgan fingerprint density at radius 3 is 2.48 bits per heavy atom. The number of carboxylic acids is 1. The second-order valence-corrected chi connectivity index (χ2v) is 8.31. The molecule has 0 saturated heterocycles. The lowest BCUT2D eigenvalue weighted by atomic mass is 10.0. The number of aliphatic carboxylic acids is 1. The number of hydrogen-bond donors (Lipinski definition) is 3. The van der Waals surface area contributed by atoms with Crippen LogP contribution in [0, 0.1) is 9.39 Å². The van der Waals surface area contributed by atoms with E-state index in [2.05, 4.69) is 15.6 Å². The molecule has 0 saturated carbocycles. The summed E-state index contributed by atoms with van der Waals surface area (Å²) in [7, 11) is 1.64. The summed E-state index contributed by atoms with van der Waals surface area (Å²) in [5.41, 5.74) is 1.86. The third-order valence-corrected chi connectivity index (χ3v) is 5.83. The zero-order valence-electron chi connectivity index (χ0n) is 17.8. The van der Waals surface area contributed by atoms with E-state index in [0.717, 1.165) is 5.56 Å². The van der Waals surface area contributed by atoms with Crippen molar-refractivity contribution in [1.82, 2.24) is 10.3 Å². The first-order valence-electron chi connectivity index (χ1n) is 10.2. The number of benzene rings is 2. The average Bonchev–Trinajstić information content (AvgIpc) is 2.81. The van der Waals surface area contributed by atoms with Crippen LogP contribution in [0.15, 0.2) is 60.8 Å². The quantitative estimate of drug-likeness (QED) is 0.324. The molecule has 3 N–H and O–H groups in total. The van der Waals surface area contributed by atoms with Crippen LogP contribution in [-0.2, 0) is 17.6 Å². The first-order valence-corrected chi connectivity index (χ1v) is 11.3. The van der Waals surface area contributed by atoms with Gasteiger partial charge in [-0.25, -0.2) is 14.2 Å². The van der Waals surface area contributed by atoms with Gasteiger partial charge in [-0.15, -0.1) is 0 Å².